The van der Waals surface area contributed by atoms with Crippen LogP contribution in [0.25, 0.3) is 0 Å². The van der Waals surface area contributed by atoms with Gasteiger partial charge in [-0.1, -0.05) is 19.9 Å². The number of carbonyl (C=O) groups excluding carboxylic acids is 2. The van der Waals surface area contributed by atoms with Crippen molar-refractivity contribution in [2.75, 3.05) is 18.2 Å². The van der Waals surface area contributed by atoms with Gasteiger partial charge in [-0.25, -0.2) is 4.79 Å². The highest BCUT2D eigenvalue weighted by molar-refractivity contribution is 6.06. The third-order valence-corrected chi connectivity index (χ3v) is 3.09. The highest BCUT2D eigenvalue weighted by atomic mass is 19.4. The molecule has 2 aromatic rings. The lowest BCUT2D eigenvalue weighted by Crippen LogP contribution is -2.14. The Labute approximate surface area is 149 Å². The molecule has 0 radical (unpaired) electrons. The molecule has 0 saturated heterocycles. The van der Waals surface area contributed by atoms with Crippen LogP contribution in [0.15, 0.2) is 42.5 Å². The van der Waals surface area contributed by atoms with Gasteiger partial charge in [0.2, 0.25) is 0 Å². The van der Waals surface area contributed by atoms with Crippen LogP contribution in [0.2, 0.25) is 0 Å². The van der Waals surface area contributed by atoms with E-state index in [1.807, 2.05) is 13.8 Å². The fraction of sp³-hybridized carbons (Fsp3) is 0.222. The second-order valence-corrected chi connectivity index (χ2v) is 4.87. The number of rotatable bonds is 3. The molecule has 1 amide bonds. The third-order valence-electron chi connectivity index (χ3n) is 3.09. The lowest BCUT2D eigenvalue weighted by atomic mass is 10.1. The first-order valence-electron chi connectivity index (χ1n) is 7.68. The summed E-state index contributed by atoms with van der Waals surface area (Å²) in [6.07, 6.45) is -4.52. The smallest absolute Gasteiger partial charge is 0.416 e. The molecular formula is C18H19F3N2O3. The summed E-state index contributed by atoms with van der Waals surface area (Å²) in [5.74, 6) is -1.39. The molecule has 2 aromatic carbocycles. The molecule has 0 aromatic heterocycles. The SMILES string of the molecule is CC.COC(=O)c1cc(N)cc(C(=O)Nc2cccc(C(F)(F)F)c2)c1. The van der Waals surface area contributed by atoms with E-state index >= 15 is 0 Å². The number of nitrogens with one attached hydrogen (secondary N) is 1. The molecule has 3 N–H and O–H groups in total. The summed E-state index contributed by atoms with van der Waals surface area (Å²) in [5.41, 5.74) is 4.94. The Hall–Kier alpha value is -3.03. The topological polar surface area (TPSA) is 81.4 Å². The van der Waals surface area contributed by atoms with Crippen LogP contribution in [0.4, 0.5) is 24.5 Å². The van der Waals surface area contributed by atoms with E-state index in [1.54, 1.807) is 0 Å². The molecule has 26 heavy (non-hydrogen) atoms. The van der Waals surface area contributed by atoms with Crippen molar-refractivity contribution < 1.29 is 27.5 Å². The van der Waals surface area contributed by atoms with Gasteiger partial charge in [0.1, 0.15) is 0 Å². The average molecular weight is 368 g/mol. The zero-order valence-electron chi connectivity index (χ0n) is 14.5. The second kappa shape index (κ2) is 8.89. The van der Waals surface area contributed by atoms with Crippen molar-refractivity contribution in [3.63, 3.8) is 0 Å². The third kappa shape index (κ3) is 5.51. The maximum atomic E-state index is 12.7. The Morgan fingerprint density at radius 1 is 1.04 bits per heavy atom. The van der Waals surface area contributed by atoms with Crippen molar-refractivity contribution in [1.29, 1.82) is 0 Å². The minimum Gasteiger partial charge on any atom is -0.465 e. The van der Waals surface area contributed by atoms with Crippen LogP contribution < -0.4 is 11.1 Å². The van der Waals surface area contributed by atoms with Crippen LogP contribution in [-0.4, -0.2) is 19.0 Å². The largest absolute Gasteiger partial charge is 0.465 e. The highest BCUT2D eigenvalue weighted by Gasteiger charge is 2.30. The molecule has 140 valence electrons. The number of hydrogen-bond donors (Lipinski definition) is 2. The van der Waals surface area contributed by atoms with Crippen molar-refractivity contribution in [3.8, 4) is 0 Å². The number of nitrogens with two attached hydrogens (primary N) is 1. The van der Waals surface area contributed by atoms with Crippen LogP contribution in [0.5, 0.6) is 0 Å². The first kappa shape index (κ1) is 21.0. The Kier molecular flexibility index (Phi) is 7.18. The Morgan fingerprint density at radius 3 is 2.23 bits per heavy atom. The molecule has 0 saturated carbocycles. The molecule has 0 fully saturated rings. The van der Waals surface area contributed by atoms with Gasteiger partial charge >= 0.3 is 12.1 Å². The average Bonchev–Trinajstić information content (AvgIpc) is 2.61. The molecule has 0 aliphatic heterocycles. The van der Waals surface area contributed by atoms with Crippen molar-refractivity contribution in [3.05, 3.63) is 59.2 Å². The minimum absolute atomic E-state index is 0.0211. The molecule has 0 aliphatic rings. The number of esters is 1. The van der Waals surface area contributed by atoms with E-state index in [0.717, 1.165) is 12.1 Å². The number of nitrogen functional groups attached to an aromatic ring is 1. The minimum atomic E-state index is -4.52. The quantitative estimate of drug-likeness (QED) is 0.623. The lowest BCUT2D eigenvalue weighted by molar-refractivity contribution is -0.137. The van der Waals surface area contributed by atoms with Gasteiger partial charge in [0, 0.05) is 16.9 Å². The van der Waals surface area contributed by atoms with E-state index in [0.29, 0.717) is 0 Å². The molecular weight excluding hydrogens is 349 g/mol. The van der Waals surface area contributed by atoms with E-state index in [9.17, 15) is 22.8 Å². The fourth-order valence-electron chi connectivity index (χ4n) is 1.99. The summed E-state index contributed by atoms with van der Waals surface area (Å²) in [6.45, 7) is 4.00. The van der Waals surface area contributed by atoms with Crippen molar-refractivity contribution >= 4 is 23.3 Å². The van der Waals surface area contributed by atoms with E-state index in [2.05, 4.69) is 10.1 Å². The Morgan fingerprint density at radius 2 is 1.65 bits per heavy atom. The predicted octanol–water partition coefficient (Wildman–Crippen LogP) is 4.35. The number of halogens is 3. The van der Waals surface area contributed by atoms with Crippen molar-refractivity contribution in [2.45, 2.75) is 20.0 Å². The summed E-state index contributed by atoms with van der Waals surface area (Å²) in [4.78, 5) is 23.7. The van der Waals surface area contributed by atoms with Crippen LogP contribution >= 0.6 is 0 Å². The Bertz CT molecular complexity index is 789. The first-order chi connectivity index (χ1) is 12.2. The number of methoxy groups -OCH3 is 1. The number of hydrogen-bond acceptors (Lipinski definition) is 4. The number of anilines is 2. The molecule has 8 heteroatoms. The standard InChI is InChI=1S/C16H13F3N2O3.C2H6/c1-24-15(23)10-5-9(6-12(20)7-10)14(22)21-13-4-2-3-11(8-13)16(17,18)19;1-2/h2-8H,20H2,1H3,(H,21,22);1-2H3. The summed E-state index contributed by atoms with van der Waals surface area (Å²) >= 11 is 0. The van der Waals surface area contributed by atoms with Gasteiger partial charge in [0.15, 0.2) is 0 Å². The lowest BCUT2D eigenvalue weighted by Gasteiger charge is -2.11. The molecule has 0 spiro atoms. The highest BCUT2D eigenvalue weighted by Crippen LogP contribution is 2.30. The molecule has 0 bridgehead atoms. The number of carbonyl (C=O) groups is 2. The number of benzene rings is 2. The first-order valence-corrected chi connectivity index (χ1v) is 7.68. The van der Waals surface area contributed by atoms with Crippen LogP contribution in [0, 0.1) is 0 Å². The summed E-state index contributed by atoms with van der Waals surface area (Å²) < 4.78 is 42.6. The van der Waals surface area contributed by atoms with Gasteiger partial charge in [0.25, 0.3) is 5.91 Å². The molecule has 0 aliphatic carbocycles. The van der Waals surface area contributed by atoms with E-state index in [-0.39, 0.29) is 22.5 Å². The van der Waals surface area contributed by atoms with Gasteiger partial charge in [-0.3, -0.25) is 4.79 Å². The van der Waals surface area contributed by atoms with Gasteiger partial charge in [0.05, 0.1) is 18.2 Å². The molecule has 5 nitrogen and oxygen atoms in total. The molecule has 0 unspecified atom stereocenters. The van der Waals surface area contributed by atoms with Gasteiger partial charge in [-0.05, 0) is 36.4 Å². The van der Waals surface area contributed by atoms with Crippen molar-refractivity contribution in [1.82, 2.24) is 0 Å². The second-order valence-electron chi connectivity index (χ2n) is 4.87. The van der Waals surface area contributed by atoms with E-state index < -0.39 is 23.6 Å². The summed E-state index contributed by atoms with van der Waals surface area (Å²) in [5, 5.41) is 2.34. The van der Waals surface area contributed by atoms with E-state index in [1.165, 1.54) is 37.4 Å². The summed E-state index contributed by atoms with van der Waals surface area (Å²) in [6, 6.07) is 8.07. The van der Waals surface area contributed by atoms with Gasteiger partial charge in [-0.2, -0.15) is 13.2 Å². The number of ether oxygens (including phenoxy) is 1. The maximum absolute atomic E-state index is 12.7. The fourth-order valence-corrected chi connectivity index (χ4v) is 1.99. The van der Waals surface area contributed by atoms with E-state index in [4.69, 9.17) is 5.73 Å². The van der Waals surface area contributed by atoms with Crippen LogP contribution in [0.1, 0.15) is 40.1 Å². The van der Waals surface area contributed by atoms with Gasteiger partial charge in [-0.15, -0.1) is 0 Å². The maximum Gasteiger partial charge on any atom is 0.416 e. The summed E-state index contributed by atoms with van der Waals surface area (Å²) in [7, 11) is 1.17. The predicted molar refractivity (Wildman–Crippen MR) is 92.9 cm³/mol. The number of amides is 1. The van der Waals surface area contributed by atoms with Gasteiger partial charge < -0.3 is 15.8 Å². The molecule has 2 rings (SSSR count). The van der Waals surface area contributed by atoms with Crippen LogP contribution in [0.3, 0.4) is 0 Å². The zero-order valence-corrected chi connectivity index (χ0v) is 14.5. The monoisotopic (exact) mass is 368 g/mol. The number of alkyl halides is 3. The van der Waals surface area contributed by atoms with Crippen molar-refractivity contribution in [2.24, 2.45) is 0 Å². The zero-order chi connectivity index (χ0) is 19.9. The molecule has 0 atom stereocenters. The van der Waals surface area contributed by atoms with Crippen LogP contribution in [-0.2, 0) is 10.9 Å². The normalized spacial score (nSPS) is 10.4. The molecule has 0 heterocycles. The Balaban J connectivity index is 0.00000163.